The largest absolute Gasteiger partial charge is 0.0149 e. The van der Waals surface area contributed by atoms with Crippen molar-refractivity contribution in [1.82, 2.24) is 3.80 Å². The minimum atomic E-state index is -2.61. The van der Waals surface area contributed by atoms with Gasteiger partial charge in [0.15, 0.2) is 0 Å². The van der Waals surface area contributed by atoms with Crippen molar-refractivity contribution in [2.45, 2.75) is 67.1 Å². The minimum absolute atomic E-state index is 0. The van der Waals surface area contributed by atoms with Crippen LogP contribution in [0.1, 0.15) is 67.7 Å². The maximum absolute atomic E-state index is 13.7. The summed E-state index contributed by atoms with van der Waals surface area (Å²) in [6, 6.07) is 8.86. The van der Waals surface area contributed by atoms with E-state index in [9.17, 15) is 4.79 Å². The molecule has 6 rings (SSSR count). The fourth-order valence-corrected chi connectivity index (χ4v) is 12.8. The van der Waals surface area contributed by atoms with E-state index in [0.717, 1.165) is 17.8 Å². The Bertz CT molecular complexity index is 807. The SMILES string of the molecule is CC1=C(C)[CH]([Ti]([CH3])([CH3])[NH]C(=O)C23CC4CC(CC(C4)C2)C3)c2ccccc21.[SiH4]. The van der Waals surface area contributed by atoms with Crippen LogP contribution in [0.4, 0.5) is 0 Å². The first kappa shape index (κ1) is 20.6. The zero-order chi connectivity index (χ0) is 19.0. The number of fused-ring (bicyclic) bond motifs is 1. The molecular formula is C24H37NOSiTi. The number of allylic oxidation sites excluding steroid dienone is 2. The molecule has 1 amide bonds. The van der Waals surface area contributed by atoms with Crippen LogP contribution in [0.2, 0.25) is 10.5 Å². The van der Waals surface area contributed by atoms with Gasteiger partial charge >= 0.3 is 168 Å². The van der Waals surface area contributed by atoms with Crippen LogP contribution in [-0.2, 0) is 21.6 Å². The van der Waals surface area contributed by atoms with Crippen LogP contribution < -0.4 is 3.80 Å². The normalized spacial score (nSPS) is 35.6. The number of hydrogen-bond acceptors (Lipinski definition) is 1. The van der Waals surface area contributed by atoms with Crippen molar-refractivity contribution in [3.63, 3.8) is 0 Å². The van der Waals surface area contributed by atoms with Crippen molar-refractivity contribution in [1.29, 1.82) is 0 Å². The average Bonchev–Trinajstić information content (AvgIpc) is 2.85. The van der Waals surface area contributed by atoms with E-state index >= 15 is 0 Å². The number of hydrogen-bond donors (Lipinski definition) is 1. The van der Waals surface area contributed by atoms with E-state index in [1.807, 2.05) is 0 Å². The molecular weight excluding hydrogens is 394 g/mol. The van der Waals surface area contributed by atoms with Crippen LogP contribution in [0.5, 0.6) is 0 Å². The molecule has 2 nitrogen and oxygen atoms in total. The molecule has 1 aromatic carbocycles. The number of nitrogens with one attached hydrogen (secondary N) is 1. The quantitative estimate of drug-likeness (QED) is 0.698. The molecule has 0 radical (unpaired) electrons. The number of amides is 1. The van der Waals surface area contributed by atoms with Gasteiger partial charge in [-0.2, -0.15) is 0 Å². The third-order valence-corrected chi connectivity index (χ3v) is 13.2. The van der Waals surface area contributed by atoms with Crippen molar-refractivity contribution in [3.05, 3.63) is 41.0 Å². The maximum atomic E-state index is 13.7. The van der Waals surface area contributed by atoms with Crippen molar-refractivity contribution >= 4 is 22.4 Å². The summed E-state index contributed by atoms with van der Waals surface area (Å²) in [7, 11) is 0. The smallest absolute Gasteiger partial charge is 0.0149 e. The van der Waals surface area contributed by atoms with E-state index in [4.69, 9.17) is 0 Å². The molecule has 152 valence electrons. The Morgan fingerprint density at radius 1 is 1.00 bits per heavy atom. The van der Waals surface area contributed by atoms with Gasteiger partial charge < -0.3 is 0 Å². The Morgan fingerprint density at radius 2 is 1.54 bits per heavy atom. The van der Waals surface area contributed by atoms with E-state index in [2.05, 4.69) is 52.4 Å². The third-order valence-electron chi connectivity index (χ3n) is 8.38. The van der Waals surface area contributed by atoms with E-state index in [1.165, 1.54) is 60.8 Å². The third kappa shape index (κ3) is 3.04. The summed E-state index contributed by atoms with van der Waals surface area (Å²) in [6.07, 6.45) is 7.69. The summed E-state index contributed by atoms with van der Waals surface area (Å²) < 4.78 is 4.22. The Labute approximate surface area is 178 Å². The average molecular weight is 432 g/mol. The molecule has 0 heterocycles. The van der Waals surface area contributed by atoms with Crippen molar-refractivity contribution in [2.24, 2.45) is 23.2 Å². The Kier molecular flexibility index (Phi) is 5.13. The predicted octanol–water partition coefficient (Wildman–Crippen LogP) is 4.58. The summed E-state index contributed by atoms with van der Waals surface area (Å²) in [4.78, 5) is 13.7. The first-order chi connectivity index (χ1) is 12.8. The van der Waals surface area contributed by atoms with Gasteiger partial charge in [-0.05, 0) is 11.0 Å². The molecule has 4 saturated carbocycles. The van der Waals surface area contributed by atoms with Crippen LogP contribution in [0.25, 0.3) is 5.57 Å². The topological polar surface area (TPSA) is 29.1 Å². The number of benzene rings is 1. The van der Waals surface area contributed by atoms with Gasteiger partial charge in [-0.15, -0.1) is 0 Å². The summed E-state index contributed by atoms with van der Waals surface area (Å²) in [6.45, 7) is 4.55. The molecule has 4 heteroatoms. The van der Waals surface area contributed by atoms with Crippen molar-refractivity contribution in [2.75, 3.05) is 0 Å². The summed E-state index contributed by atoms with van der Waals surface area (Å²) in [5, 5.41) is 4.84. The molecule has 1 aromatic rings. The molecule has 0 aromatic heterocycles. The molecule has 0 aliphatic heterocycles. The molecule has 0 spiro atoms. The second-order valence-corrected chi connectivity index (χ2v) is 17.4. The van der Waals surface area contributed by atoms with Crippen molar-refractivity contribution < 1.29 is 21.6 Å². The fourth-order valence-electron chi connectivity index (χ4n) is 7.57. The van der Waals surface area contributed by atoms with Crippen LogP contribution in [0.3, 0.4) is 0 Å². The van der Waals surface area contributed by atoms with E-state index in [1.54, 1.807) is 0 Å². The van der Waals surface area contributed by atoms with E-state index in [-0.39, 0.29) is 16.4 Å². The van der Waals surface area contributed by atoms with Gasteiger partial charge in [0, 0.05) is 0 Å². The number of carbonyl (C=O) groups excluding carboxylic acids is 1. The van der Waals surface area contributed by atoms with E-state index in [0.29, 0.717) is 10.1 Å². The van der Waals surface area contributed by atoms with Gasteiger partial charge in [0.1, 0.15) is 0 Å². The Balaban J connectivity index is 0.00000192. The molecule has 5 aliphatic carbocycles. The maximum Gasteiger partial charge on any atom is -0.0149 e. The monoisotopic (exact) mass is 431 g/mol. The second kappa shape index (κ2) is 6.96. The van der Waals surface area contributed by atoms with Crippen LogP contribution in [-0.4, -0.2) is 16.9 Å². The summed E-state index contributed by atoms with van der Waals surface area (Å²) in [5.41, 5.74) is 5.76. The van der Waals surface area contributed by atoms with Gasteiger partial charge in [-0.1, -0.05) is 0 Å². The summed E-state index contributed by atoms with van der Waals surface area (Å²) >= 11 is -2.61. The summed E-state index contributed by atoms with van der Waals surface area (Å²) in [5.74, 6) is 2.91. The second-order valence-electron chi connectivity index (χ2n) is 10.7. The number of rotatable bonds is 3. The molecule has 4 bridgehead atoms. The van der Waals surface area contributed by atoms with Gasteiger partial charge in [0.25, 0.3) is 0 Å². The molecule has 4 fully saturated rings. The molecule has 0 saturated heterocycles. The molecule has 28 heavy (non-hydrogen) atoms. The Morgan fingerprint density at radius 3 is 2.11 bits per heavy atom. The Hall–Kier alpha value is -0.639. The first-order valence-electron chi connectivity index (χ1n) is 10.9. The van der Waals surface area contributed by atoms with Crippen LogP contribution in [0, 0.1) is 23.2 Å². The van der Waals surface area contributed by atoms with Gasteiger partial charge in [-0.25, -0.2) is 0 Å². The van der Waals surface area contributed by atoms with E-state index < -0.39 is 16.8 Å². The minimum Gasteiger partial charge on any atom is -0.0149 e. The van der Waals surface area contributed by atoms with Gasteiger partial charge in [0.2, 0.25) is 0 Å². The zero-order valence-corrected chi connectivity index (χ0v) is 18.8. The van der Waals surface area contributed by atoms with Crippen molar-refractivity contribution in [3.8, 4) is 0 Å². The predicted molar refractivity (Wildman–Crippen MR) is 119 cm³/mol. The first-order valence-corrected chi connectivity index (χ1v) is 15.7. The zero-order valence-electron chi connectivity index (χ0n) is 17.3. The standard InChI is InChI=1S/C11H17NO.C11H11.2CH3.H4Si.Ti/c12-10(13)11-4-7-1-8(5-11)3-9(2-7)6-11;1-8-7-10-5-3-4-6-11(10)9(8)2;;;;/h7-9H,1-6H2,(H2,12,13);3-7H,1-2H3;2*1H3;1H4;/q;;;;;+1/p-1. The van der Waals surface area contributed by atoms with Crippen LogP contribution in [0.15, 0.2) is 29.8 Å². The fraction of sp³-hybridized carbons (Fsp3) is 0.625. The molecule has 1 unspecified atom stereocenters. The number of carbonyl (C=O) groups is 1. The van der Waals surface area contributed by atoms with Gasteiger partial charge in [-0.3, -0.25) is 0 Å². The molecule has 5 aliphatic rings. The van der Waals surface area contributed by atoms with Gasteiger partial charge in [0.05, 0.1) is 0 Å². The molecule has 1 N–H and O–H groups in total. The van der Waals surface area contributed by atoms with Crippen LogP contribution >= 0.6 is 0 Å². The molecule has 1 atom stereocenters.